The van der Waals surface area contributed by atoms with E-state index in [1.807, 2.05) is 78.9 Å². The average Bonchev–Trinajstić information content (AvgIpc) is 3.43. The summed E-state index contributed by atoms with van der Waals surface area (Å²) in [7, 11) is 0. The van der Waals surface area contributed by atoms with Gasteiger partial charge in [0, 0.05) is 21.5 Å². The van der Waals surface area contributed by atoms with E-state index in [1.54, 1.807) is 16.2 Å². The van der Waals surface area contributed by atoms with Crippen LogP contribution in [-0.4, -0.2) is 17.5 Å². The Kier molecular flexibility index (Phi) is 6.96. The molecule has 2 heterocycles. The molecule has 0 saturated heterocycles. The number of fused-ring (bicyclic) bond motifs is 2. The molecule has 0 radical (unpaired) electrons. The highest BCUT2D eigenvalue weighted by Crippen LogP contribution is 2.42. The summed E-state index contributed by atoms with van der Waals surface area (Å²) in [6, 6.07) is 25.7. The zero-order valence-electron chi connectivity index (χ0n) is 20.7. The Hall–Kier alpha value is -3.55. The lowest BCUT2D eigenvalue weighted by Crippen LogP contribution is -2.29. The van der Waals surface area contributed by atoms with Crippen molar-refractivity contribution in [3.63, 3.8) is 0 Å². The molecule has 1 N–H and O–H groups in total. The van der Waals surface area contributed by atoms with Gasteiger partial charge in [0.05, 0.1) is 17.8 Å². The van der Waals surface area contributed by atoms with Crippen LogP contribution in [0.15, 0.2) is 88.3 Å². The minimum absolute atomic E-state index is 0.131. The van der Waals surface area contributed by atoms with E-state index >= 15 is 0 Å². The van der Waals surface area contributed by atoms with Gasteiger partial charge in [-0.1, -0.05) is 76.6 Å². The predicted molar refractivity (Wildman–Crippen MR) is 157 cm³/mol. The van der Waals surface area contributed by atoms with Gasteiger partial charge in [0.15, 0.2) is 0 Å². The van der Waals surface area contributed by atoms with Crippen LogP contribution in [0.5, 0.6) is 0 Å². The quantitative estimate of drug-likeness (QED) is 0.266. The smallest absolute Gasteiger partial charge is 0.277 e. The summed E-state index contributed by atoms with van der Waals surface area (Å²) < 4.78 is 0.879. The number of halogens is 1. The fourth-order valence-corrected chi connectivity index (χ4v) is 6.77. The Labute approximate surface area is 234 Å². The number of anilines is 1. The number of aryl methyl sites for hydroxylation is 1. The molecule has 3 aromatic carbocycles. The monoisotopic (exact) mass is 583 g/mol. The van der Waals surface area contributed by atoms with E-state index in [2.05, 4.69) is 21.2 Å². The van der Waals surface area contributed by atoms with Crippen LogP contribution in [0, 0.1) is 0 Å². The fourth-order valence-electron chi connectivity index (χ4n) is 5.15. The molecular weight excluding hydrogens is 558 g/mol. The maximum Gasteiger partial charge on any atom is 0.277 e. The van der Waals surface area contributed by atoms with Gasteiger partial charge in [0.2, 0.25) is 0 Å². The summed E-state index contributed by atoms with van der Waals surface area (Å²) in [4.78, 5) is 35.3. The van der Waals surface area contributed by atoms with Crippen LogP contribution in [0.4, 0.5) is 10.7 Å². The molecule has 0 fully saturated rings. The van der Waals surface area contributed by atoms with Crippen LogP contribution in [0.3, 0.4) is 0 Å². The van der Waals surface area contributed by atoms with E-state index < -0.39 is 0 Å². The molecule has 6 rings (SSSR count). The number of carbonyl (C=O) groups excluding carboxylic acids is 2. The Morgan fingerprint density at radius 2 is 1.66 bits per heavy atom. The number of hydrogen-bond donors (Lipinski definition) is 1. The molecular formula is C31H26BrN3O2S. The van der Waals surface area contributed by atoms with Crippen LogP contribution < -0.4 is 10.2 Å². The molecule has 4 aromatic rings. The number of carbonyl (C=O) groups is 2. The van der Waals surface area contributed by atoms with E-state index in [-0.39, 0.29) is 11.8 Å². The van der Waals surface area contributed by atoms with Gasteiger partial charge in [0.25, 0.3) is 11.8 Å². The number of thiophene rings is 1. The zero-order chi connectivity index (χ0) is 26.1. The van der Waals surface area contributed by atoms with E-state index in [0.29, 0.717) is 29.4 Å². The molecule has 2 aliphatic rings. The summed E-state index contributed by atoms with van der Waals surface area (Å²) in [6.45, 7) is 0.901. The third kappa shape index (κ3) is 4.84. The van der Waals surface area contributed by atoms with Crippen LogP contribution in [0.1, 0.15) is 50.3 Å². The van der Waals surface area contributed by atoms with Gasteiger partial charge in [-0.2, -0.15) is 0 Å². The van der Waals surface area contributed by atoms with Crippen LogP contribution >= 0.6 is 27.3 Å². The third-order valence-corrected chi connectivity index (χ3v) is 8.70. The molecule has 0 bridgehead atoms. The standard InChI is InChI=1S/C31H26BrN3O2S/c32-22-15-16-25-24(17-22)28(31(37)35(25)19-21-11-5-2-6-12-21)34-30-27(23-13-7-8-14-26(23)38-30)29(36)33-18-20-9-3-1-4-10-20/h1-6,9-12,15-17H,7-8,13-14,18-19H2,(H,33,36). The normalized spacial score (nSPS) is 15.4. The number of aliphatic imine (C=N–C) groups is 1. The molecule has 1 aromatic heterocycles. The molecule has 0 saturated carbocycles. The fraction of sp³-hybridized carbons (Fsp3) is 0.194. The number of nitrogens with zero attached hydrogens (tertiary/aromatic N) is 2. The summed E-state index contributed by atoms with van der Waals surface area (Å²) in [6.07, 6.45) is 3.97. The van der Waals surface area contributed by atoms with Gasteiger partial charge in [-0.3, -0.25) is 9.59 Å². The average molecular weight is 585 g/mol. The van der Waals surface area contributed by atoms with Crippen molar-refractivity contribution in [2.75, 3.05) is 4.90 Å². The first-order chi connectivity index (χ1) is 18.6. The Balaban J connectivity index is 1.39. The molecule has 0 spiro atoms. The summed E-state index contributed by atoms with van der Waals surface area (Å²) >= 11 is 5.12. The number of amides is 2. The van der Waals surface area contributed by atoms with Crippen LogP contribution in [0.25, 0.3) is 0 Å². The van der Waals surface area contributed by atoms with Crippen molar-refractivity contribution in [1.29, 1.82) is 0 Å². The number of rotatable bonds is 6. The van der Waals surface area contributed by atoms with Gasteiger partial charge in [0.1, 0.15) is 10.7 Å². The zero-order valence-corrected chi connectivity index (χ0v) is 23.1. The second-order valence-electron chi connectivity index (χ2n) is 9.56. The molecule has 5 nitrogen and oxygen atoms in total. The number of benzene rings is 3. The molecule has 0 atom stereocenters. The van der Waals surface area contributed by atoms with E-state index in [9.17, 15) is 9.59 Å². The third-order valence-electron chi connectivity index (χ3n) is 7.02. The Bertz CT molecular complexity index is 1550. The number of nitrogens with one attached hydrogen (secondary N) is 1. The lowest BCUT2D eigenvalue weighted by atomic mass is 9.95. The van der Waals surface area contributed by atoms with Crippen molar-refractivity contribution in [2.45, 2.75) is 38.8 Å². The van der Waals surface area contributed by atoms with E-state index in [0.717, 1.165) is 58.1 Å². The van der Waals surface area contributed by atoms with Gasteiger partial charge in [-0.15, -0.1) is 11.3 Å². The summed E-state index contributed by atoms with van der Waals surface area (Å²) in [5.74, 6) is -0.280. The molecule has 0 unspecified atom stereocenters. The van der Waals surface area contributed by atoms with Gasteiger partial charge in [-0.25, -0.2) is 4.99 Å². The summed E-state index contributed by atoms with van der Waals surface area (Å²) in [5, 5.41) is 3.72. The van der Waals surface area contributed by atoms with Crippen molar-refractivity contribution in [3.05, 3.63) is 116 Å². The lowest BCUT2D eigenvalue weighted by Gasteiger charge is -2.17. The van der Waals surface area contributed by atoms with Gasteiger partial charge < -0.3 is 10.2 Å². The maximum absolute atomic E-state index is 13.8. The van der Waals surface area contributed by atoms with Crippen molar-refractivity contribution in [2.24, 2.45) is 4.99 Å². The molecule has 190 valence electrons. The molecule has 1 aliphatic carbocycles. The molecule has 7 heteroatoms. The number of hydrogen-bond acceptors (Lipinski definition) is 4. The van der Waals surface area contributed by atoms with Crippen molar-refractivity contribution < 1.29 is 9.59 Å². The SMILES string of the molecule is O=C(NCc1ccccc1)c1c(N=C2C(=O)N(Cc3ccccc3)c3ccc(Br)cc32)sc2c1CCCC2. The van der Waals surface area contributed by atoms with Gasteiger partial charge in [-0.05, 0) is 60.6 Å². The first-order valence-corrected chi connectivity index (χ1v) is 14.4. The molecule has 1 aliphatic heterocycles. The van der Waals surface area contributed by atoms with E-state index in [4.69, 9.17) is 4.99 Å². The second-order valence-corrected chi connectivity index (χ2v) is 11.6. The van der Waals surface area contributed by atoms with Crippen molar-refractivity contribution in [1.82, 2.24) is 5.32 Å². The Morgan fingerprint density at radius 3 is 2.42 bits per heavy atom. The topological polar surface area (TPSA) is 61.8 Å². The minimum Gasteiger partial charge on any atom is -0.348 e. The predicted octanol–water partition coefficient (Wildman–Crippen LogP) is 6.99. The van der Waals surface area contributed by atoms with Crippen LogP contribution in [0.2, 0.25) is 0 Å². The van der Waals surface area contributed by atoms with E-state index in [1.165, 1.54) is 4.88 Å². The van der Waals surface area contributed by atoms with Gasteiger partial charge >= 0.3 is 0 Å². The largest absolute Gasteiger partial charge is 0.348 e. The first-order valence-electron chi connectivity index (χ1n) is 12.8. The molecule has 2 amide bonds. The first kappa shape index (κ1) is 24.8. The minimum atomic E-state index is -0.149. The lowest BCUT2D eigenvalue weighted by molar-refractivity contribution is -0.112. The Morgan fingerprint density at radius 1 is 0.947 bits per heavy atom. The highest BCUT2D eigenvalue weighted by Gasteiger charge is 2.35. The van der Waals surface area contributed by atoms with Crippen molar-refractivity contribution in [3.8, 4) is 0 Å². The maximum atomic E-state index is 13.8. The van der Waals surface area contributed by atoms with Crippen LogP contribution in [-0.2, 0) is 30.7 Å². The summed E-state index contributed by atoms with van der Waals surface area (Å²) in [5.41, 5.74) is 5.79. The second kappa shape index (κ2) is 10.7. The highest BCUT2D eigenvalue weighted by atomic mass is 79.9. The van der Waals surface area contributed by atoms with Crippen molar-refractivity contribution >= 4 is 55.5 Å². The molecule has 38 heavy (non-hydrogen) atoms. The highest BCUT2D eigenvalue weighted by molar-refractivity contribution is 9.10.